The van der Waals surface area contributed by atoms with Gasteiger partial charge in [-0.2, -0.15) is 0 Å². The minimum absolute atomic E-state index is 0.144. The molecule has 2 aliphatic rings. The number of hydrogen-bond acceptors (Lipinski definition) is 0. The molecule has 1 heteroatoms. The van der Waals surface area contributed by atoms with E-state index >= 15 is 0 Å². The molecule has 1 aromatic carbocycles. The first-order valence-electron chi connectivity index (χ1n) is 12.1. The van der Waals surface area contributed by atoms with E-state index in [1.807, 2.05) is 12.1 Å². The highest BCUT2D eigenvalue weighted by atomic mass is 19.1. The van der Waals surface area contributed by atoms with Gasteiger partial charge in [0.15, 0.2) is 0 Å². The van der Waals surface area contributed by atoms with Gasteiger partial charge < -0.3 is 0 Å². The molecule has 0 spiro atoms. The smallest absolute Gasteiger partial charge is 0.123 e. The molecule has 28 heavy (non-hydrogen) atoms. The van der Waals surface area contributed by atoms with Crippen LogP contribution in [0.5, 0.6) is 0 Å². The third kappa shape index (κ3) is 7.05. The molecule has 2 aliphatic carbocycles. The SMILES string of the molecule is CCCCCC1CCC(C2CCC(CC=CCc3ccc(F)cc3)CC2)CC1. The van der Waals surface area contributed by atoms with Gasteiger partial charge in [-0.05, 0) is 92.7 Å². The van der Waals surface area contributed by atoms with Crippen molar-refractivity contribution in [1.29, 1.82) is 0 Å². The van der Waals surface area contributed by atoms with Crippen LogP contribution in [0.3, 0.4) is 0 Å². The summed E-state index contributed by atoms with van der Waals surface area (Å²) < 4.78 is 12.9. The van der Waals surface area contributed by atoms with E-state index in [1.165, 1.54) is 89.0 Å². The van der Waals surface area contributed by atoms with Crippen molar-refractivity contribution in [2.45, 2.75) is 96.8 Å². The van der Waals surface area contributed by atoms with Crippen LogP contribution in [-0.4, -0.2) is 0 Å². The standard InChI is InChI=1S/C27H41F/c1-2-3-4-7-22-10-16-25(17-11-22)26-18-12-23(13-19-26)8-5-6-9-24-14-20-27(28)21-15-24/h5-6,14-15,20-23,25-26H,2-4,7-13,16-19H2,1H3. The van der Waals surface area contributed by atoms with Crippen molar-refractivity contribution in [2.75, 3.05) is 0 Å². The fourth-order valence-electron chi connectivity index (χ4n) is 5.66. The Morgan fingerprint density at radius 1 is 0.786 bits per heavy atom. The zero-order valence-electron chi connectivity index (χ0n) is 18.1. The summed E-state index contributed by atoms with van der Waals surface area (Å²) >= 11 is 0. The van der Waals surface area contributed by atoms with Gasteiger partial charge in [-0.15, -0.1) is 0 Å². The van der Waals surface area contributed by atoms with E-state index in [2.05, 4.69) is 19.1 Å². The monoisotopic (exact) mass is 384 g/mol. The van der Waals surface area contributed by atoms with Crippen molar-refractivity contribution in [3.8, 4) is 0 Å². The minimum atomic E-state index is -0.144. The Labute approximate surface area is 173 Å². The molecule has 0 amide bonds. The third-order valence-corrected chi connectivity index (χ3v) is 7.57. The van der Waals surface area contributed by atoms with Crippen LogP contribution < -0.4 is 0 Å². The quantitative estimate of drug-likeness (QED) is 0.296. The Morgan fingerprint density at radius 3 is 2.00 bits per heavy atom. The van der Waals surface area contributed by atoms with Crippen molar-refractivity contribution in [3.63, 3.8) is 0 Å². The highest BCUT2D eigenvalue weighted by Crippen LogP contribution is 2.42. The van der Waals surface area contributed by atoms with Crippen molar-refractivity contribution in [2.24, 2.45) is 23.7 Å². The summed E-state index contributed by atoms with van der Waals surface area (Å²) in [7, 11) is 0. The summed E-state index contributed by atoms with van der Waals surface area (Å²) in [4.78, 5) is 0. The van der Waals surface area contributed by atoms with E-state index in [4.69, 9.17) is 0 Å². The predicted molar refractivity (Wildman–Crippen MR) is 119 cm³/mol. The summed E-state index contributed by atoms with van der Waals surface area (Å²) in [6, 6.07) is 6.90. The Balaban J connectivity index is 1.29. The number of rotatable bonds is 9. The largest absolute Gasteiger partial charge is 0.207 e. The molecule has 3 rings (SSSR count). The first-order valence-corrected chi connectivity index (χ1v) is 12.1. The fraction of sp³-hybridized carbons (Fsp3) is 0.704. The second kappa shape index (κ2) is 11.8. The average molecular weight is 385 g/mol. The van der Waals surface area contributed by atoms with Gasteiger partial charge in [0, 0.05) is 0 Å². The van der Waals surface area contributed by atoms with E-state index in [0.717, 1.165) is 30.1 Å². The van der Waals surface area contributed by atoms with Crippen LogP contribution in [0.15, 0.2) is 36.4 Å². The molecule has 0 bridgehead atoms. The first kappa shape index (κ1) is 21.6. The van der Waals surface area contributed by atoms with Gasteiger partial charge in [0.2, 0.25) is 0 Å². The number of halogens is 1. The van der Waals surface area contributed by atoms with Gasteiger partial charge in [0.1, 0.15) is 5.82 Å². The fourth-order valence-corrected chi connectivity index (χ4v) is 5.66. The molecular formula is C27H41F. The first-order chi connectivity index (χ1) is 13.7. The lowest BCUT2D eigenvalue weighted by molar-refractivity contribution is 0.143. The lowest BCUT2D eigenvalue weighted by Gasteiger charge is -2.37. The third-order valence-electron chi connectivity index (χ3n) is 7.57. The summed E-state index contributed by atoms with van der Waals surface area (Å²) in [6.07, 6.45) is 24.4. The average Bonchev–Trinajstić information content (AvgIpc) is 2.74. The summed E-state index contributed by atoms with van der Waals surface area (Å²) in [5.74, 6) is 3.86. The number of hydrogen-bond donors (Lipinski definition) is 0. The molecule has 156 valence electrons. The summed E-state index contributed by atoms with van der Waals surface area (Å²) in [5, 5.41) is 0. The summed E-state index contributed by atoms with van der Waals surface area (Å²) in [5.41, 5.74) is 1.20. The summed E-state index contributed by atoms with van der Waals surface area (Å²) in [6.45, 7) is 2.31. The Hall–Kier alpha value is -1.11. The molecule has 0 N–H and O–H groups in total. The highest BCUT2D eigenvalue weighted by Gasteiger charge is 2.30. The molecule has 0 atom stereocenters. The van der Waals surface area contributed by atoms with Crippen LogP contribution in [-0.2, 0) is 6.42 Å². The van der Waals surface area contributed by atoms with E-state index in [-0.39, 0.29) is 5.82 Å². The maximum Gasteiger partial charge on any atom is 0.123 e. The maximum atomic E-state index is 12.9. The molecule has 1 aromatic rings. The van der Waals surface area contributed by atoms with Gasteiger partial charge in [-0.25, -0.2) is 4.39 Å². The number of unbranched alkanes of at least 4 members (excludes halogenated alkanes) is 2. The molecule has 0 heterocycles. The van der Waals surface area contributed by atoms with Crippen LogP contribution >= 0.6 is 0 Å². The van der Waals surface area contributed by atoms with Crippen molar-refractivity contribution >= 4 is 0 Å². The second-order valence-electron chi connectivity index (χ2n) is 9.60. The topological polar surface area (TPSA) is 0 Å². The van der Waals surface area contributed by atoms with Crippen molar-refractivity contribution < 1.29 is 4.39 Å². The van der Waals surface area contributed by atoms with Gasteiger partial charge in [0.05, 0.1) is 0 Å². The Kier molecular flexibility index (Phi) is 9.09. The second-order valence-corrected chi connectivity index (χ2v) is 9.60. The van der Waals surface area contributed by atoms with Crippen LogP contribution in [0, 0.1) is 29.5 Å². The Bertz CT molecular complexity index is 556. The predicted octanol–water partition coefficient (Wildman–Crippen LogP) is 8.51. The van der Waals surface area contributed by atoms with Crippen molar-refractivity contribution in [1.82, 2.24) is 0 Å². The van der Waals surface area contributed by atoms with E-state index in [9.17, 15) is 4.39 Å². The molecular weight excluding hydrogens is 343 g/mol. The zero-order valence-corrected chi connectivity index (χ0v) is 18.1. The van der Waals surface area contributed by atoms with Gasteiger partial charge >= 0.3 is 0 Å². The van der Waals surface area contributed by atoms with Crippen LogP contribution in [0.4, 0.5) is 4.39 Å². The maximum absolute atomic E-state index is 12.9. The Morgan fingerprint density at radius 2 is 1.39 bits per heavy atom. The molecule has 0 unspecified atom stereocenters. The minimum Gasteiger partial charge on any atom is -0.207 e. The molecule has 0 aliphatic heterocycles. The molecule has 0 aromatic heterocycles. The normalized spacial score (nSPS) is 28.6. The molecule has 2 saturated carbocycles. The highest BCUT2D eigenvalue weighted by molar-refractivity contribution is 5.18. The van der Waals surface area contributed by atoms with Gasteiger partial charge in [0.25, 0.3) is 0 Å². The van der Waals surface area contributed by atoms with Gasteiger partial charge in [-0.1, -0.05) is 69.7 Å². The molecule has 0 nitrogen and oxygen atoms in total. The van der Waals surface area contributed by atoms with E-state index in [0.29, 0.717) is 0 Å². The van der Waals surface area contributed by atoms with Crippen molar-refractivity contribution in [3.05, 3.63) is 47.8 Å². The van der Waals surface area contributed by atoms with Crippen LogP contribution in [0.1, 0.15) is 96.0 Å². The zero-order chi connectivity index (χ0) is 19.6. The van der Waals surface area contributed by atoms with Gasteiger partial charge in [-0.3, -0.25) is 0 Å². The van der Waals surface area contributed by atoms with E-state index < -0.39 is 0 Å². The molecule has 2 fully saturated rings. The van der Waals surface area contributed by atoms with E-state index in [1.54, 1.807) is 12.1 Å². The lowest BCUT2D eigenvalue weighted by Crippen LogP contribution is -2.25. The number of benzene rings is 1. The molecule has 0 radical (unpaired) electrons. The van der Waals surface area contributed by atoms with Crippen LogP contribution in [0.2, 0.25) is 0 Å². The number of allylic oxidation sites excluding steroid dienone is 2. The lowest BCUT2D eigenvalue weighted by atomic mass is 9.68. The molecule has 0 saturated heterocycles. The van der Waals surface area contributed by atoms with Crippen LogP contribution in [0.25, 0.3) is 0 Å².